The summed E-state index contributed by atoms with van der Waals surface area (Å²) in [6, 6.07) is 10.9. The molecule has 2 aromatic rings. The zero-order valence-electron chi connectivity index (χ0n) is 14.1. The minimum atomic E-state index is -0.756. The molecule has 0 amide bonds. The molecule has 1 aliphatic rings. The highest BCUT2D eigenvalue weighted by Crippen LogP contribution is 2.37. The van der Waals surface area contributed by atoms with Crippen molar-refractivity contribution < 1.29 is 19.1 Å². The summed E-state index contributed by atoms with van der Waals surface area (Å²) in [6.45, 7) is 5.31. The molecule has 3 rings (SSSR count). The Morgan fingerprint density at radius 3 is 2.52 bits per heavy atom. The van der Waals surface area contributed by atoms with Crippen LogP contribution >= 0.6 is 11.6 Å². The lowest BCUT2D eigenvalue weighted by Gasteiger charge is -2.08. The molecule has 0 radical (unpaired) electrons. The zero-order chi connectivity index (χ0) is 18.1. The first-order chi connectivity index (χ1) is 11.8. The Bertz CT molecular complexity index is 879. The Morgan fingerprint density at radius 2 is 1.88 bits per heavy atom. The summed E-state index contributed by atoms with van der Waals surface area (Å²) in [5.41, 5.74) is 3.18. The quantitative estimate of drug-likeness (QED) is 0.353. The number of hydrogen-bond donors (Lipinski definition) is 0. The number of hydrogen-bond acceptors (Lipinski definition) is 4. The molecule has 1 unspecified atom stereocenters. The van der Waals surface area contributed by atoms with Crippen molar-refractivity contribution >= 4 is 29.4 Å². The minimum absolute atomic E-state index is 0.184. The van der Waals surface area contributed by atoms with Crippen molar-refractivity contribution in [2.75, 3.05) is 0 Å². The van der Waals surface area contributed by atoms with Crippen LogP contribution in [0.1, 0.15) is 34.0 Å². The third-order valence-electron chi connectivity index (χ3n) is 3.86. The summed E-state index contributed by atoms with van der Waals surface area (Å²) < 4.78 is 10.9. The zero-order valence-corrected chi connectivity index (χ0v) is 14.9. The first-order valence-electron chi connectivity index (χ1n) is 7.86. The van der Waals surface area contributed by atoms with Gasteiger partial charge < -0.3 is 9.47 Å². The summed E-state index contributed by atoms with van der Waals surface area (Å²) in [7, 11) is 0. The van der Waals surface area contributed by atoms with Crippen LogP contribution in [0.4, 0.5) is 0 Å². The molecule has 128 valence electrons. The van der Waals surface area contributed by atoms with Crippen LogP contribution in [0.3, 0.4) is 0 Å². The Hall–Kier alpha value is -2.59. The van der Waals surface area contributed by atoms with Crippen molar-refractivity contribution in [3.8, 4) is 11.5 Å². The SMILES string of the molecule is Cc1ccc(/C=C2\Oc3cc(OC(=O)C(C)Cl)cc(C)c3C2=O)cc1. The number of ether oxygens (including phenoxy) is 2. The first-order valence-corrected chi connectivity index (χ1v) is 8.30. The molecule has 0 aliphatic carbocycles. The molecule has 2 aromatic carbocycles. The summed E-state index contributed by atoms with van der Waals surface area (Å²) in [5, 5.41) is -0.756. The van der Waals surface area contributed by atoms with Crippen molar-refractivity contribution in [2.45, 2.75) is 26.1 Å². The summed E-state index contributed by atoms with van der Waals surface area (Å²) in [6.07, 6.45) is 1.70. The van der Waals surface area contributed by atoms with E-state index in [-0.39, 0.29) is 11.5 Å². The molecular formula is C20H17ClO4. The number of ketones is 1. The Kier molecular flexibility index (Phi) is 4.64. The smallest absolute Gasteiger partial charge is 0.329 e. The van der Waals surface area contributed by atoms with Crippen LogP contribution < -0.4 is 9.47 Å². The third-order valence-corrected chi connectivity index (χ3v) is 4.04. The molecule has 1 heterocycles. The van der Waals surface area contributed by atoms with E-state index >= 15 is 0 Å². The molecule has 0 spiro atoms. The number of halogens is 1. The van der Waals surface area contributed by atoms with Crippen LogP contribution in [-0.2, 0) is 4.79 Å². The van der Waals surface area contributed by atoms with Gasteiger partial charge in [-0.2, -0.15) is 0 Å². The molecule has 1 aliphatic heterocycles. The second-order valence-corrected chi connectivity index (χ2v) is 6.66. The van der Waals surface area contributed by atoms with Gasteiger partial charge >= 0.3 is 5.97 Å². The number of alkyl halides is 1. The van der Waals surface area contributed by atoms with E-state index < -0.39 is 11.3 Å². The van der Waals surface area contributed by atoms with E-state index in [1.807, 2.05) is 31.2 Å². The molecule has 5 heteroatoms. The van der Waals surface area contributed by atoms with Crippen LogP contribution in [-0.4, -0.2) is 17.1 Å². The summed E-state index contributed by atoms with van der Waals surface area (Å²) >= 11 is 5.71. The molecule has 25 heavy (non-hydrogen) atoms. The van der Waals surface area contributed by atoms with Crippen LogP contribution in [0.2, 0.25) is 0 Å². The van der Waals surface area contributed by atoms with Gasteiger partial charge in [0.15, 0.2) is 5.76 Å². The van der Waals surface area contributed by atoms with Crippen molar-refractivity contribution in [1.82, 2.24) is 0 Å². The van der Waals surface area contributed by atoms with Gasteiger partial charge in [0.1, 0.15) is 16.9 Å². The number of Topliss-reactive ketones (excluding diaryl/α,β-unsaturated/α-hetero) is 1. The fourth-order valence-corrected chi connectivity index (χ4v) is 2.59. The normalized spacial score (nSPS) is 15.7. The molecule has 1 atom stereocenters. The maximum atomic E-state index is 12.6. The van der Waals surface area contributed by atoms with E-state index in [1.165, 1.54) is 13.0 Å². The van der Waals surface area contributed by atoms with Gasteiger partial charge in [0, 0.05) is 6.07 Å². The number of benzene rings is 2. The highest BCUT2D eigenvalue weighted by molar-refractivity contribution is 6.29. The predicted molar refractivity (Wildman–Crippen MR) is 96.2 cm³/mol. The highest BCUT2D eigenvalue weighted by atomic mass is 35.5. The van der Waals surface area contributed by atoms with Crippen LogP contribution in [0.15, 0.2) is 42.2 Å². The Labute approximate surface area is 151 Å². The number of allylic oxidation sites excluding steroid dienone is 1. The standard InChI is InChI=1S/C20H17ClO4/c1-11-4-6-14(7-5-11)9-17-19(22)18-12(2)8-15(10-16(18)25-17)24-20(23)13(3)21/h4-10,13H,1-3H3/b17-9-. The Balaban J connectivity index is 1.91. The molecule has 0 saturated carbocycles. The number of carbonyl (C=O) groups excluding carboxylic acids is 2. The van der Waals surface area contributed by atoms with Gasteiger partial charge in [-0.05, 0) is 44.0 Å². The van der Waals surface area contributed by atoms with E-state index in [1.54, 1.807) is 19.1 Å². The number of rotatable bonds is 3. The van der Waals surface area contributed by atoms with Gasteiger partial charge in [0.2, 0.25) is 5.78 Å². The first kappa shape index (κ1) is 17.2. The highest BCUT2D eigenvalue weighted by Gasteiger charge is 2.30. The van der Waals surface area contributed by atoms with Crippen LogP contribution in [0, 0.1) is 13.8 Å². The fraction of sp³-hybridized carbons (Fsp3) is 0.200. The lowest BCUT2D eigenvalue weighted by Crippen LogP contribution is -2.17. The monoisotopic (exact) mass is 356 g/mol. The van der Waals surface area contributed by atoms with Gasteiger partial charge in [0.25, 0.3) is 0 Å². The lowest BCUT2D eigenvalue weighted by atomic mass is 10.0. The van der Waals surface area contributed by atoms with E-state index in [9.17, 15) is 9.59 Å². The molecule has 0 N–H and O–H groups in total. The summed E-state index contributed by atoms with van der Waals surface area (Å²) in [4.78, 5) is 24.3. The maximum absolute atomic E-state index is 12.6. The van der Waals surface area contributed by atoms with Crippen molar-refractivity contribution in [3.05, 3.63) is 64.4 Å². The molecule has 0 aromatic heterocycles. The van der Waals surface area contributed by atoms with Crippen molar-refractivity contribution in [1.29, 1.82) is 0 Å². The molecule has 0 bridgehead atoms. The number of fused-ring (bicyclic) bond motifs is 1. The Morgan fingerprint density at radius 1 is 1.20 bits per heavy atom. The maximum Gasteiger partial charge on any atom is 0.329 e. The van der Waals surface area contributed by atoms with Crippen molar-refractivity contribution in [2.24, 2.45) is 0 Å². The lowest BCUT2D eigenvalue weighted by molar-refractivity contribution is -0.133. The molecule has 4 nitrogen and oxygen atoms in total. The number of carbonyl (C=O) groups is 2. The van der Waals surface area contributed by atoms with Gasteiger partial charge in [-0.15, -0.1) is 11.6 Å². The topological polar surface area (TPSA) is 52.6 Å². The van der Waals surface area contributed by atoms with E-state index in [0.29, 0.717) is 22.6 Å². The van der Waals surface area contributed by atoms with Gasteiger partial charge in [0.05, 0.1) is 5.56 Å². The predicted octanol–water partition coefficient (Wildman–Crippen LogP) is 4.45. The van der Waals surface area contributed by atoms with Crippen LogP contribution in [0.25, 0.3) is 6.08 Å². The summed E-state index contributed by atoms with van der Waals surface area (Å²) in [5.74, 6) is 0.195. The number of aryl methyl sites for hydroxylation is 2. The van der Waals surface area contributed by atoms with E-state index in [0.717, 1.165) is 11.1 Å². The van der Waals surface area contributed by atoms with E-state index in [2.05, 4.69) is 0 Å². The molecular weight excluding hydrogens is 340 g/mol. The van der Waals surface area contributed by atoms with Crippen LogP contribution in [0.5, 0.6) is 11.5 Å². The largest absolute Gasteiger partial charge is 0.452 e. The minimum Gasteiger partial charge on any atom is -0.452 e. The number of esters is 1. The van der Waals surface area contributed by atoms with Gasteiger partial charge in [-0.25, -0.2) is 0 Å². The van der Waals surface area contributed by atoms with E-state index in [4.69, 9.17) is 21.1 Å². The van der Waals surface area contributed by atoms with Gasteiger partial charge in [-0.3, -0.25) is 9.59 Å². The molecule has 0 saturated heterocycles. The van der Waals surface area contributed by atoms with Gasteiger partial charge in [-0.1, -0.05) is 29.8 Å². The average molecular weight is 357 g/mol. The molecule has 0 fully saturated rings. The second kappa shape index (κ2) is 6.73. The fourth-order valence-electron chi connectivity index (χ4n) is 2.55. The third kappa shape index (κ3) is 3.59. The second-order valence-electron chi connectivity index (χ2n) is 6.00. The van der Waals surface area contributed by atoms with Crippen molar-refractivity contribution in [3.63, 3.8) is 0 Å². The average Bonchev–Trinajstić information content (AvgIpc) is 2.85.